The number of allylic oxidation sites excluding steroid dienone is 1. The van der Waals surface area contributed by atoms with Crippen LogP contribution in [0.5, 0.6) is 0 Å². The van der Waals surface area contributed by atoms with Crippen molar-refractivity contribution in [2.45, 2.75) is 31.8 Å². The van der Waals surface area contributed by atoms with Crippen LogP contribution in [0.2, 0.25) is 0 Å². The summed E-state index contributed by atoms with van der Waals surface area (Å²) in [7, 11) is 0. The smallest absolute Gasteiger partial charge is 0.370 e. The number of ether oxygens (including phenoxy) is 2. The van der Waals surface area contributed by atoms with Gasteiger partial charge in [0, 0.05) is 12.3 Å². The highest BCUT2D eigenvalue weighted by Gasteiger charge is 2.28. The molecule has 0 fully saturated rings. The minimum Gasteiger partial charge on any atom is -0.475 e. The van der Waals surface area contributed by atoms with E-state index in [2.05, 4.69) is 0 Å². The van der Waals surface area contributed by atoms with Crippen LogP contribution in [0.3, 0.4) is 0 Å². The highest BCUT2D eigenvalue weighted by Crippen LogP contribution is 2.32. The first kappa shape index (κ1) is 16.7. The quantitative estimate of drug-likeness (QED) is 0.840. The van der Waals surface area contributed by atoms with E-state index < -0.39 is 12.3 Å². The van der Waals surface area contributed by atoms with E-state index in [1.165, 1.54) is 0 Å². The normalized spacial score (nSPS) is 20.3. The highest BCUT2D eigenvalue weighted by atomic mass is 32.1. The van der Waals surface area contributed by atoms with Gasteiger partial charge in [0.2, 0.25) is 12.0 Å². The van der Waals surface area contributed by atoms with Crippen LogP contribution in [0.15, 0.2) is 52.9 Å². The van der Waals surface area contributed by atoms with Crippen molar-refractivity contribution in [2.75, 3.05) is 0 Å². The Labute approximate surface area is 143 Å². The molecule has 0 amide bonds. The largest absolute Gasteiger partial charge is 0.475 e. The molecule has 126 valence electrons. The summed E-state index contributed by atoms with van der Waals surface area (Å²) in [5.41, 5.74) is 2.85. The van der Waals surface area contributed by atoms with Gasteiger partial charge in [-0.15, -0.1) is 0 Å². The number of carboxylic acid groups (broad SMARTS) is 1. The van der Waals surface area contributed by atoms with Gasteiger partial charge in [-0.3, -0.25) is 0 Å². The van der Waals surface area contributed by atoms with Crippen molar-refractivity contribution in [3.8, 4) is 0 Å². The lowest BCUT2D eigenvalue weighted by Crippen LogP contribution is -2.26. The van der Waals surface area contributed by atoms with Gasteiger partial charge in [-0.1, -0.05) is 24.3 Å². The van der Waals surface area contributed by atoms with E-state index in [0.29, 0.717) is 13.0 Å². The van der Waals surface area contributed by atoms with Gasteiger partial charge in [0.1, 0.15) is 0 Å². The zero-order valence-electron chi connectivity index (χ0n) is 12.9. The molecule has 2 aromatic rings. The molecule has 2 N–H and O–H groups in total. The molecule has 0 radical (unpaired) electrons. The maximum Gasteiger partial charge on any atom is 0.370 e. The van der Waals surface area contributed by atoms with Crippen molar-refractivity contribution < 1.29 is 24.5 Å². The summed E-state index contributed by atoms with van der Waals surface area (Å²) < 4.78 is 11.2. The topological polar surface area (TPSA) is 76.0 Å². The summed E-state index contributed by atoms with van der Waals surface area (Å²) in [6.45, 7) is 0.321. The molecule has 3 rings (SSSR count). The van der Waals surface area contributed by atoms with Gasteiger partial charge in [-0.25, -0.2) is 4.79 Å². The Balaban J connectivity index is 1.66. The maximum absolute atomic E-state index is 11.3. The fourth-order valence-corrected chi connectivity index (χ4v) is 3.28. The van der Waals surface area contributed by atoms with Crippen molar-refractivity contribution >= 4 is 17.3 Å². The molecule has 0 saturated carbocycles. The monoisotopic (exact) mass is 346 g/mol. The summed E-state index contributed by atoms with van der Waals surface area (Å²) in [5, 5.41) is 22.3. The van der Waals surface area contributed by atoms with E-state index in [4.69, 9.17) is 14.6 Å². The number of rotatable bonds is 6. The van der Waals surface area contributed by atoms with Crippen LogP contribution in [0, 0.1) is 0 Å². The van der Waals surface area contributed by atoms with Crippen molar-refractivity contribution in [3.63, 3.8) is 0 Å². The van der Waals surface area contributed by atoms with E-state index in [9.17, 15) is 9.90 Å². The predicted molar refractivity (Wildman–Crippen MR) is 89.4 cm³/mol. The fraction of sp³-hybridized carbons (Fsp3) is 0.278. The molecule has 2 atom stereocenters. The lowest BCUT2D eigenvalue weighted by molar-refractivity contribution is -0.159. The number of aliphatic hydroxyl groups excluding tert-OH is 1. The van der Waals surface area contributed by atoms with Crippen LogP contribution in [0.4, 0.5) is 0 Å². The third-order valence-electron chi connectivity index (χ3n) is 3.88. The first-order valence-corrected chi connectivity index (χ1v) is 8.54. The first-order chi connectivity index (χ1) is 11.7. The number of carboxylic acids is 1. The molecule has 0 aliphatic carbocycles. The van der Waals surface area contributed by atoms with Crippen molar-refractivity contribution in [2.24, 2.45) is 0 Å². The van der Waals surface area contributed by atoms with E-state index in [-0.39, 0.29) is 18.3 Å². The molecule has 0 spiro atoms. The van der Waals surface area contributed by atoms with Crippen LogP contribution in [0.25, 0.3) is 0 Å². The molecule has 1 aromatic carbocycles. The molecule has 6 heteroatoms. The summed E-state index contributed by atoms with van der Waals surface area (Å²) >= 11 is 1.58. The van der Waals surface area contributed by atoms with Gasteiger partial charge in [-0.05, 0) is 39.6 Å². The average molecular weight is 346 g/mol. The number of hydrogen-bond donors (Lipinski definition) is 2. The minimum atomic E-state index is -1.09. The first-order valence-electron chi connectivity index (χ1n) is 7.60. The molecular weight excluding hydrogens is 328 g/mol. The van der Waals surface area contributed by atoms with Gasteiger partial charge >= 0.3 is 5.97 Å². The Morgan fingerprint density at radius 2 is 2.00 bits per heavy atom. The van der Waals surface area contributed by atoms with Gasteiger partial charge in [0.15, 0.2) is 0 Å². The summed E-state index contributed by atoms with van der Waals surface area (Å²) in [6.07, 6.45) is 1.60. The zero-order chi connectivity index (χ0) is 16.9. The Morgan fingerprint density at radius 1 is 1.25 bits per heavy atom. The number of hydrogen-bond acceptors (Lipinski definition) is 5. The van der Waals surface area contributed by atoms with Gasteiger partial charge < -0.3 is 19.7 Å². The molecule has 1 aliphatic heterocycles. The molecule has 1 aliphatic rings. The van der Waals surface area contributed by atoms with Gasteiger partial charge in [-0.2, -0.15) is 11.3 Å². The lowest BCUT2D eigenvalue weighted by Gasteiger charge is -2.28. The number of aliphatic carboxylic acids is 1. The Hall–Kier alpha value is -2.15. The standard InChI is InChI=1S/C18H18O5S/c19-9-12-1-3-13(4-2-12)10-22-17-8-15(14-5-6-24-11-14)7-16(23-17)18(20)21/h1-7,11,15,17,19H,8-10H2,(H,20,21)/t15-,17+/m0/s1. The van der Waals surface area contributed by atoms with E-state index in [0.717, 1.165) is 16.7 Å². The third-order valence-corrected chi connectivity index (χ3v) is 4.58. The van der Waals surface area contributed by atoms with Crippen LogP contribution in [-0.4, -0.2) is 22.5 Å². The summed E-state index contributed by atoms with van der Waals surface area (Å²) in [4.78, 5) is 11.3. The average Bonchev–Trinajstić information content (AvgIpc) is 3.15. The second-order valence-electron chi connectivity index (χ2n) is 5.57. The predicted octanol–water partition coefficient (Wildman–Crippen LogP) is 3.26. The van der Waals surface area contributed by atoms with E-state index in [1.807, 2.05) is 41.1 Å². The van der Waals surface area contributed by atoms with Crippen LogP contribution in [-0.2, 0) is 27.5 Å². The number of aliphatic hydroxyl groups is 1. The van der Waals surface area contributed by atoms with Crippen LogP contribution in [0.1, 0.15) is 29.0 Å². The number of thiophene rings is 1. The van der Waals surface area contributed by atoms with Crippen molar-refractivity contribution in [3.05, 3.63) is 69.6 Å². The molecule has 24 heavy (non-hydrogen) atoms. The molecule has 0 bridgehead atoms. The summed E-state index contributed by atoms with van der Waals surface area (Å²) in [6, 6.07) is 9.40. The molecule has 0 saturated heterocycles. The summed E-state index contributed by atoms with van der Waals surface area (Å²) in [5.74, 6) is -1.19. The zero-order valence-corrected chi connectivity index (χ0v) is 13.7. The van der Waals surface area contributed by atoms with E-state index in [1.54, 1.807) is 17.4 Å². The maximum atomic E-state index is 11.3. The minimum absolute atomic E-state index is 0.00195. The van der Waals surface area contributed by atoms with E-state index >= 15 is 0 Å². The Morgan fingerprint density at radius 3 is 2.62 bits per heavy atom. The van der Waals surface area contributed by atoms with Crippen LogP contribution >= 0.6 is 11.3 Å². The number of benzene rings is 1. The lowest BCUT2D eigenvalue weighted by atomic mass is 9.95. The van der Waals surface area contributed by atoms with Crippen LogP contribution < -0.4 is 0 Å². The van der Waals surface area contributed by atoms with Crippen molar-refractivity contribution in [1.82, 2.24) is 0 Å². The van der Waals surface area contributed by atoms with Gasteiger partial charge in [0.25, 0.3) is 0 Å². The highest BCUT2D eigenvalue weighted by molar-refractivity contribution is 7.08. The Kier molecular flexibility index (Phi) is 5.30. The molecular formula is C18H18O5S. The van der Waals surface area contributed by atoms with Crippen molar-refractivity contribution in [1.29, 1.82) is 0 Å². The third kappa shape index (κ3) is 4.03. The number of carbonyl (C=O) groups is 1. The second-order valence-corrected chi connectivity index (χ2v) is 6.35. The molecule has 0 unspecified atom stereocenters. The second kappa shape index (κ2) is 7.61. The fourth-order valence-electron chi connectivity index (χ4n) is 2.56. The molecule has 1 aromatic heterocycles. The Bertz CT molecular complexity index is 706. The molecule has 2 heterocycles. The molecule has 5 nitrogen and oxygen atoms in total. The SMILES string of the molecule is O=C(O)C1=C[C@H](c2ccsc2)C[C@H](OCc2ccc(CO)cc2)O1. The van der Waals surface area contributed by atoms with Gasteiger partial charge in [0.05, 0.1) is 13.2 Å².